The Morgan fingerprint density at radius 3 is 2.41 bits per heavy atom. The molecule has 3 rings (SSSR count). The summed E-state index contributed by atoms with van der Waals surface area (Å²) in [5, 5.41) is 11.9. The number of rotatable bonds is 6. The molecule has 7 nitrogen and oxygen atoms in total. The Hall–Kier alpha value is -3.22. The lowest BCUT2D eigenvalue weighted by Gasteiger charge is -2.15. The number of para-hydroxylation sites is 1. The Morgan fingerprint density at radius 1 is 1.10 bits per heavy atom. The Labute approximate surface area is 170 Å². The summed E-state index contributed by atoms with van der Waals surface area (Å²) in [6.45, 7) is 11.1. The number of carbonyl (C=O) groups is 2. The zero-order chi connectivity index (χ0) is 21.3. The predicted octanol–water partition coefficient (Wildman–Crippen LogP) is 3.38. The molecule has 0 bridgehead atoms. The van der Waals surface area contributed by atoms with Crippen LogP contribution in [0.25, 0.3) is 5.69 Å². The summed E-state index contributed by atoms with van der Waals surface area (Å²) in [4.78, 5) is 24.4. The number of hydrogen-bond donors (Lipinski definition) is 1. The maximum Gasteiger partial charge on any atom is 0.242 e. The van der Waals surface area contributed by atoms with Gasteiger partial charge < -0.3 is 5.32 Å². The third-order valence-electron chi connectivity index (χ3n) is 5.26. The van der Waals surface area contributed by atoms with Crippen LogP contribution in [-0.4, -0.2) is 31.3 Å². The molecular formula is C22H27N5O2. The number of aromatic nitrogens is 4. The molecular weight excluding hydrogens is 366 g/mol. The average Bonchev–Trinajstić information content (AvgIpc) is 3.15. The zero-order valence-corrected chi connectivity index (χ0v) is 17.8. The normalized spacial score (nSPS) is 12.1. The monoisotopic (exact) mass is 393 g/mol. The smallest absolute Gasteiger partial charge is 0.242 e. The van der Waals surface area contributed by atoms with Gasteiger partial charge >= 0.3 is 0 Å². The number of amides is 1. The minimum Gasteiger partial charge on any atom is -0.348 e. The van der Waals surface area contributed by atoms with Gasteiger partial charge in [0.15, 0.2) is 5.78 Å². The van der Waals surface area contributed by atoms with Crippen molar-refractivity contribution in [1.82, 2.24) is 24.9 Å². The quantitative estimate of drug-likeness (QED) is 0.651. The van der Waals surface area contributed by atoms with Gasteiger partial charge in [-0.1, -0.05) is 18.2 Å². The van der Waals surface area contributed by atoms with E-state index in [-0.39, 0.29) is 24.3 Å². The van der Waals surface area contributed by atoms with Crippen molar-refractivity contribution in [1.29, 1.82) is 0 Å². The Balaban J connectivity index is 1.75. The molecule has 0 saturated carbocycles. The van der Waals surface area contributed by atoms with Gasteiger partial charge in [0.1, 0.15) is 6.54 Å². The summed E-state index contributed by atoms with van der Waals surface area (Å²) in [6, 6.07) is 7.85. The molecule has 2 aromatic heterocycles. The van der Waals surface area contributed by atoms with E-state index in [2.05, 4.69) is 15.5 Å². The van der Waals surface area contributed by atoms with E-state index in [0.717, 1.165) is 22.5 Å². The van der Waals surface area contributed by atoms with Crippen LogP contribution in [0.1, 0.15) is 58.5 Å². The fraction of sp³-hybridized carbons (Fsp3) is 0.364. The van der Waals surface area contributed by atoms with Crippen LogP contribution in [0.4, 0.5) is 0 Å². The summed E-state index contributed by atoms with van der Waals surface area (Å²) in [7, 11) is 0. The molecule has 0 aliphatic rings. The van der Waals surface area contributed by atoms with E-state index in [4.69, 9.17) is 0 Å². The fourth-order valence-corrected chi connectivity index (χ4v) is 3.75. The molecule has 3 aromatic rings. The van der Waals surface area contributed by atoms with Crippen molar-refractivity contribution in [3.8, 4) is 5.69 Å². The topological polar surface area (TPSA) is 81.8 Å². The standard InChI is InChI=1S/C22H27N5O2/c1-13-9-7-8-10-20(13)27-16(4)19(11-23-27)14(2)24-21(29)12-26-17(5)22(18(6)28)15(3)25-26/h7-11,14H,12H2,1-6H3,(H,24,29)/t14-/m0/s1. The summed E-state index contributed by atoms with van der Waals surface area (Å²) >= 11 is 0. The molecule has 1 atom stereocenters. The van der Waals surface area contributed by atoms with Gasteiger partial charge in [-0.3, -0.25) is 14.3 Å². The molecule has 152 valence electrons. The second kappa shape index (κ2) is 8.03. The predicted molar refractivity (Wildman–Crippen MR) is 111 cm³/mol. The Kier molecular flexibility index (Phi) is 5.68. The largest absolute Gasteiger partial charge is 0.348 e. The highest BCUT2D eigenvalue weighted by atomic mass is 16.2. The first-order chi connectivity index (χ1) is 13.7. The molecule has 1 aromatic carbocycles. The van der Waals surface area contributed by atoms with Crippen molar-refractivity contribution < 1.29 is 9.59 Å². The highest BCUT2D eigenvalue weighted by molar-refractivity contribution is 5.96. The molecule has 0 aliphatic carbocycles. The van der Waals surface area contributed by atoms with Crippen molar-refractivity contribution in [3.05, 3.63) is 64.2 Å². The molecule has 1 N–H and O–H groups in total. The first-order valence-electron chi connectivity index (χ1n) is 9.65. The van der Waals surface area contributed by atoms with Crippen molar-refractivity contribution in [3.63, 3.8) is 0 Å². The van der Waals surface area contributed by atoms with Crippen LogP contribution in [0.2, 0.25) is 0 Å². The van der Waals surface area contributed by atoms with Crippen LogP contribution in [-0.2, 0) is 11.3 Å². The number of ketones is 1. The number of carbonyl (C=O) groups excluding carboxylic acids is 2. The number of benzene rings is 1. The second-order valence-corrected chi connectivity index (χ2v) is 7.43. The van der Waals surface area contributed by atoms with Crippen molar-refractivity contribution in [2.75, 3.05) is 0 Å². The molecule has 0 radical (unpaired) electrons. The summed E-state index contributed by atoms with van der Waals surface area (Å²) in [5.41, 5.74) is 6.03. The van der Waals surface area contributed by atoms with Crippen LogP contribution in [0.5, 0.6) is 0 Å². The Bertz CT molecular complexity index is 1080. The van der Waals surface area contributed by atoms with E-state index in [1.54, 1.807) is 17.8 Å². The Morgan fingerprint density at radius 2 is 1.79 bits per heavy atom. The third kappa shape index (κ3) is 3.99. The minimum absolute atomic E-state index is 0.0423. The van der Waals surface area contributed by atoms with E-state index in [1.165, 1.54) is 6.92 Å². The summed E-state index contributed by atoms with van der Waals surface area (Å²) in [6.07, 6.45) is 1.80. The second-order valence-electron chi connectivity index (χ2n) is 7.43. The number of nitrogens with one attached hydrogen (secondary N) is 1. The van der Waals surface area contributed by atoms with Gasteiger partial charge in [0.05, 0.1) is 29.2 Å². The van der Waals surface area contributed by atoms with E-state index < -0.39 is 0 Å². The van der Waals surface area contributed by atoms with Crippen molar-refractivity contribution >= 4 is 11.7 Å². The van der Waals surface area contributed by atoms with Gasteiger partial charge in [-0.15, -0.1) is 0 Å². The van der Waals surface area contributed by atoms with E-state index in [0.29, 0.717) is 17.0 Å². The maximum absolute atomic E-state index is 12.6. The number of Topliss-reactive ketones (excluding diaryl/α,β-unsaturated/α-hetero) is 1. The van der Waals surface area contributed by atoms with Crippen LogP contribution in [0.3, 0.4) is 0 Å². The third-order valence-corrected chi connectivity index (χ3v) is 5.26. The maximum atomic E-state index is 12.6. The SMILES string of the molecule is CC(=O)c1c(C)nn(CC(=O)N[C@@H](C)c2cnn(-c3ccccc3C)c2C)c1C. The van der Waals surface area contributed by atoms with Gasteiger partial charge in [0, 0.05) is 17.0 Å². The van der Waals surface area contributed by atoms with Gasteiger partial charge in [0.2, 0.25) is 5.91 Å². The lowest BCUT2D eigenvalue weighted by molar-refractivity contribution is -0.122. The highest BCUT2D eigenvalue weighted by Crippen LogP contribution is 2.22. The van der Waals surface area contributed by atoms with Crippen molar-refractivity contribution in [2.45, 2.75) is 54.1 Å². The molecule has 1 amide bonds. The highest BCUT2D eigenvalue weighted by Gasteiger charge is 2.20. The summed E-state index contributed by atoms with van der Waals surface area (Å²) < 4.78 is 3.48. The molecule has 29 heavy (non-hydrogen) atoms. The molecule has 0 saturated heterocycles. The lowest BCUT2D eigenvalue weighted by Crippen LogP contribution is -2.31. The van der Waals surface area contributed by atoms with Crippen LogP contribution in [0, 0.1) is 27.7 Å². The summed E-state index contributed by atoms with van der Waals surface area (Å²) in [5.74, 6) is -0.208. The molecule has 7 heteroatoms. The van der Waals surface area contributed by atoms with Crippen LogP contribution >= 0.6 is 0 Å². The molecule has 0 unspecified atom stereocenters. The van der Waals surface area contributed by atoms with Gasteiger partial charge in [-0.05, 0) is 53.2 Å². The molecule has 0 spiro atoms. The first-order valence-corrected chi connectivity index (χ1v) is 9.65. The van der Waals surface area contributed by atoms with Gasteiger partial charge in [-0.2, -0.15) is 10.2 Å². The van der Waals surface area contributed by atoms with E-state index in [9.17, 15) is 9.59 Å². The fourth-order valence-electron chi connectivity index (χ4n) is 3.75. The number of nitrogens with zero attached hydrogens (tertiary/aromatic N) is 4. The number of aryl methyl sites for hydroxylation is 2. The minimum atomic E-state index is -0.204. The molecule has 0 aliphatic heterocycles. The van der Waals surface area contributed by atoms with Crippen LogP contribution < -0.4 is 5.32 Å². The average molecular weight is 393 g/mol. The molecule has 2 heterocycles. The lowest BCUT2D eigenvalue weighted by atomic mass is 10.1. The van der Waals surface area contributed by atoms with Crippen molar-refractivity contribution in [2.24, 2.45) is 0 Å². The molecule has 0 fully saturated rings. The zero-order valence-electron chi connectivity index (χ0n) is 17.8. The van der Waals surface area contributed by atoms with Crippen LogP contribution in [0.15, 0.2) is 30.5 Å². The van der Waals surface area contributed by atoms with E-state index >= 15 is 0 Å². The van der Waals surface area contributed by atoms with E-state index in [1.807, 2.05) is 56.6 Å². The number of hydrogen-bond acceptors (Lipinski definition) is 4. The first kappa shape index (κ1) is 20.5. The van der Waals surface area contributed by atoms with Gasteiger partial charge in [0.25, 0.3) is 0 Å². The van der Waals surface area contributed by atoms with Gasteiger partial charge in [-0.25, -0.2) is 4.68 Å².